The van der Waals surface area contributed by atoms with Crippen molar-refractivity contribution in [2.45, 2.75) is 64.7 Å². The third kappa shape index (κ3) is 10.1. The lowest BCUT2D eigenvalue weighted by molar-refractivity contribution is -0.115. The highest BCUT2D eigenvalue weighted by Crippen LogP contribution is 2.29. The van der Waals surface area contributed by atoms with Gasteiger partial charge in [0.15, 0.2) is 0 Å². The molecule has 51 heavy (non-hydrogen) atoms. The summed E-state index contributed by atoms with van der Waals surface area (Å²) in [5.74, 6) is -0.323. The van der Waals surface area contributed by atoms with Crippen LogP contribution in [0.1, 0.15) is 56.0 Å². The second kappa shape index (κ2) is 17.8. The number of ether oxygens (including phenoxy) is 2. The number of rotatable bonds is 8. The van der Waals surface area contributed by atoms with E-state index in [9.17, 15) is 19.5 Å². The van der Waals surface area contributed by atoms with Crippen molar-refractivity contribution in [2.24, 2.45) is 5.92 Å². The molecule has 5 rings (SSSR count). The summed E-state index contributed by atoms with van der Waals surface area (Å²) in [7, 11) is 1.74. The van der Waals surface area contributed by atoms with Gasteiger partial charge in [-0.15, -0.1) is 0 Å². The summed E-state index contributed by atoms with van der Waals surface area (Å²) in [6, 6.07) is 27.5. The number of urea groups is 1. The highest BCUT2D eigenvalue weighted by atomic mass is 16.5. The van der Waals surface area contributed by atoms with Crippen molar-refractivity contribution in [1.29, 1.82) is 0 Å². The quantitative estimate of drug-likeness (QED) is 0.183. The normalized spacial score (nSPS) is 19.3. The summed E-state index contributed by atoms with van der Waals surface area (Å²) < 4.78 is 12.8. The van der Waals surface area contributed by atoms with Gasteiger partial charge < -0.3 is 35.0 Å². The summed E-state index contributed by atoms with van der Waals surface area (Å²) >= 11 is 0. The fourth-order valence-electron chi connectivity index (χ4n) is 6.35. The minimum atomic E-state index is -0.525. The van der Waals surface area contributed by atoms with E-state index in [0.29, 0.717) is 30.2 Å². The van der Waals surface area contributed by atoms with Gasteiger partial charge in [-0.05, 0) is 68.3 Å². The molecule has 10 nitrogen and oxygen atoms in total. The number of fused-ring (bicyclic) bond motifs is 2. The number of likely N-dealkylation sites (N-methyl/N-ethyl adjacent to an activating group) is 1. The van der Waals surface area contributed by atoms with Gasteiger partial charge in [0, 0.05) is 43.7 Å². The number of hydrogen-bond acceptors (Lipinski definition) is 6. The Balaban J connectivity index is 1.37. The molecule has 0 saturated heterocycles. The van der Waals surface area contributed by atoms with Gasteiger partial charge in [0.25, 0.3) is 5.91 Å². The molecule has 4 aromatic carbocycles. The zero-order chi connectivity index (χ0) is 36.3. The number of nitrogens with one attached hydrogen (secondary N) is 2. The third-order valence-electron chi connectivity index (χ3n) is 9.37. The van der Waals surface area contributed by atoms with Crippen molar-refractivity contribution in [2.75, 3.05) is 44.0 Å². The molecule has 0 aliphatic carbocycles. The number of aliphatic hydroxyl groups excluding tert-OH is 1. The molecule has 1 aliphatic heterocycles. The van der Waals surface area contributed by atoms with E-state index in [1.807, 2.05) is 86.6 Å². The second-order valence-electron chi connectivity index (χ2n) is 13.6. The molecule has 270 valence electrons. The molecular formula is C41H50N4O6. The van der Waals surface area contributed by atoms with Crippen LogP contribution in [0.4, 0.5) is 16.2 Å². The molecular weight excluding hydrogens is 644 g/mol. The van der Waals surface area contributed by atoms with Crippen molar-refractivity contribution in [1.82, 2.24) is 9.80 Å². The third-order valence-corrected chi connectivity index (χ3v) is 9.37. The first-order chi connectivity index (χ1) is 24.6. The Morgan fingerprint density at radius 1 is 0.961 bits per heavy atom. The van der Waals surface area contributed by atoms with E-state index in [2.05, 4.69) is 10.6 Å². The lowest BCUT2D eigenvalue weighted by Gasteiger charge is -2.35. The fourth-order valence-corrected chi connectivity index (χ4v) is 6.35. The molecule has 10 heteroatoms. The van der Waals surface area contributed by atoms with Gasteiger partial charge in [-0.3, -0.25) is 9.59 Å². The van der Waals surface area contributed by atoms with Crippen LogP contribution in [0.25, 0.3) is 10.8 Å². The van der Waals surface area contributed by atoms with Crippen LogP contribution in [-0.4, -0.2) is 84.4 Å². The zero-order valence-corrected chi connectivity index (χ0v) is 30.0. The number of hydrogen-bond donors (Lipinski definition) is 3. The van der Waals surface area contributed by atoms with E-state index in [4.69, 9.17) is 9.47 Å². The Bertz CT molecular complexity index is 1780. The summed E-state index contributed by atoms with van der Waals surface area (Å²) in [5.41, 5.74) is 2.38. The van der Waals surface area contributed by atoms with Crippen LogP contribution < -0.4 is 15.4 Å². The van der Waals surface area contributed by atoms with Crippen LogP contribution >= 0.6 is 0 Å². The van der Waals surface area contributed by atoms with Gasteiger partial charge >= 0.3 is 6.03 Å². The van der Waals surface area contributed by atoms with Gasteiger partial charge in [-0.2, -0.15) is 0 Å². The predicted molar refractivity (Wildman–Crippen MR) is 201 cm³/mol. The number of carbonyl (C=O) groups excluding carboxylic acids is 3. The van der Waals surface area contributed by atoms with Crippen LogP contribution in [0.2, 0.25) is 0 Å². The monoisotopic (exact) mass is 694 g/mol. The minimum Gasteiger partial charge on any atom is -0.490 e. The molecule has 0 radical (unpaired) electrons. The van der Waals surface area contributed by atoms with Gasteiger partial charge in [-0.1, -0.05) is 73.7 Å². The van der Waals surface area contributed by atoms with Crippen LogP contribution in [0.15, 0.2) is 91.0 Å². The lowest BCUT2D eigenvalue weighted by Crippen LogP contribution is -2.48. The molecule has 0 spiro atoms. The highest BCUT2D eigenvalue weighted by Gasteiger charge is 2.31. The molecule has 0 unspecified atom stereocenters. The molecule has 4 amide bonds. The van der Waals surface area contributed by atoms with Crippen molar-refractivity contribution in [3.05, 3.63) is 102 Å². The van der Waals surface area contributed by atoms with Crippen LogP contribution in [0.3, 0.4) is 0 Å². The van der Waals surface area contributed by atoms with Crippen molar-refractivity contribution >= 4 is 40.0 Å². The summed E-state index contributed by atoms with van der Waals surface area (Å²) in [5, 5.41) is 18.3. The highest BCUT2D eigenvalue weighted by molar-refractivity contribution is 6.02. The van der Waals surface area contributed by atoms with E-state index in [0.717, 1.165) is 41.3 Å². The van der Waals surface area contributed by atoms with E-state index in [-0.39, 0.29) is 49.4 Å². The molecule has 3 N–H and O–H groups in total. The zero-order valence-electron chi connectivity index (χ0n) is 30.0. The van der Waals surface area contributed by atoms with Crippen molar-refractivity contribution in [3.8, 4) is 5.75 Å². The smallest absolute Gasteiger partial charge is 0.321 e. The first-order valence-corrected chi connectivity index (χ1v) is 17.8. The number of anilines is 2. The SMILES string of the molecule is C[C@@H]1CCCCO[C@@H](CN(C)C(=O)Nc2cccc3ccccc23)[C@@H](C)CN([C@H](C)CO)C(=O)c2cc(NC(=O)Cc3ccccc3)ccc2O1. The Labute approximate surface area is 300 Å². The van der Waals surface area contributed by atoms with E-state index in [1.165, 1.54) is 0 Å². The summed E-state index contributed by atoms with van der Waals surface area (Å²) in [4.78, 5) is 44.1. The van der Waals surface area contributed by atoms with Gasteiger partial charge in [-0.25, -0.2) is 4.79 Å². The fraction of sp³-hybridized carbons (Fsp3) is 0.390. The molecule has 1 heterocycles. The van der Waals surface area contributed by atoms with Gasteiger partial charge in [0.1, 0.15) is 5.75 Å². The first-order valence-electron chi connectivity index (χ1n) is 17.8. The largest absolute Gasteiger partial charge is 0.490 e. The molecule has 1 aliphatic rings. The maximum Gasteiger partial charge on any atom is 0.321 e. The van der Waals surface area contributed by atoms with E-state index >= 15 is 0 Å². The summed E-state index contributed by atoms with van der Waals surface area (Å²) in [6.07, 6.45) is 2.02. The van der Waals surface area contributed by atoms with Crippen LogP contribution in [0, 0.1) is 5.92 Å². The molecule has 0 bridgehead atoms. The molecule has 0 saturated carbocycles. The van der Waals surface area contributed by atoms with Gasteiger partial charge in [0.2, 0.25) is 5.91 Å². The number of aliphatic hydroxyl groups is 1. The Morgan fingerprint density at radius 2 is 1.71 bits per heavy atom. The number of benzene rings is 4. The number of carbonyl (C=O) groups is 3. The van der Waals surface area contributed by atoms with Crippen molar-refractivity contribution in [3.63, 3.8) is 0 Å². The topological polar surface area (TPSA) is 120 Å². The number of nitrogens with zero attached hydrogens (tertiary/aromatic N) is 2. The van der Waals surface area contributed by atoms with E-state index < -0.39 is 12.1 Å². The Kier molecular flexibility index (Phi) is 13.0. The van der Waals surface area contributed by atoms with E-state index in [1.54, 1.807) is 42.0 Å². The second-order valence-corrected chi connectivity index (χ2v) is 13.6. The lowest BCUT2D eigenvalue weighted by atomic mass is 10.0. The molecule has 0 aromatic heterocycles. The Morgan fingerprint density at radius 3 is 2.49 bits per heavy atom. The summed E-state index contributed by atoms with van der Waals surface area (Å²) in [6.45, 7) is 6.55. The average Bonchev–Trinajstić information content (AvgIpc) is 3.13. The maximum absolute atomic E-state index is 14.4. The Hall–Kier alpha value is -4.93. The number of amides is 4. The molecule has 4 aromatic rings. The average molecular weight is 695 g/mol. The first kappa shape index (κ1) is 37.3. The standard InChI is InChI=1S/C41H50N4O6/c1-28-25-45(29(2)27-46)40(48)35-24-33(42-39(47)23-31-14-6-5-7-15-31)20-21-37(35)51-30(3)13-10-11-22-50-38(28)26-44(4)41(49)43-36-19-12-17-32-16-8-9-18-34(32)36/h5-9,12,14-21,24,28-30,38,46H,10-11,13,22-23,25-27H2,1-4H3,(H,42,47)(H,43,49)/t28-,29+,30+,38-/m0/s1. The maximum atomic E-state index is 14.4. The molecule has 4 atom stereocenters. The molecule has 0 fully saturated rings. The predicted octanol–water partition coefficient (Wildman–Crippen LogP) is 6.98. The van der Waals surface area contributed by atoms with Crippen LogP contribution in [0.5, 0.6) is 5.75 Å². The van der Waals surface area contributed by atoms with Crippen LogP contribution in [-0.2, 0) is 16.0 Å². The van der Waals surface area contributed by atoms with Gasteiger partial charge in [0.05, 0.1) is 42.5 Å². The van der Waals surface area contributed by atoms with Crippen molar-refractivity contribution < 1.29 is 29.0 Å². The minimum absolute atomic E-state index is 0.180.